The van der Waals surface area contributed by atoms with Gasteiger partial charge in [0.25, 0.3) is 0 Å². The summed E-state index contributed by atoms with van der Waals surface area (Å²) in [5, 5.41) is 7.09. The second-order valence-corrected chi connectivity index (χ2v) is 18.4. The van der Waals surface area contributed by atoms with Crippen LogP contribution in [0.15, 0.2) is 229 Å². The van der Waals surface area contributed by atoms with E-state index in [9.17, 15) is 0 Å². The fourth-order valence-corrected chi connectivity index (χ4v) is 12.3. The van der Waals surface area contributed by atoms with E-state index in [4.69, 9.17) is 4.42 Å². The Morgan fingerprint density at radius 3 is 1.64 bits per heavy atom. The molecule has 13 rings (SSSR count). The first-order valence-corrected chi connectivity index (χ1v) is 23.3. The predicted molar refractivity (Wildman–Crippen MR) is 276 cm³/mol. The number of hydrogen-bond acceptors (Lipinski definition) is 4. The van der Waals surface area contributed by atoms with Crippen LogP contribution in [-0.4, -0.2) is 0 Å². The monoisotopic (exact) mass is 851 g/mol. The summed E-state index contributed by atoms with van der Waals surface area (Å²) in [4.78, 5) is 2.55. The first-order chi connectivity index (χ1) is 31.8. The number of thiophene rings is 2. The van der Waals surface area contributed by atoms with Gasteiger partial charge >= 0.3 is 0 Å². The summed E-state index contributed by atoms with van der Waals surface area (Å²) in [7, 11) is 0. The van der Waals surface area contributed by atoms with Gasteiger partial charge in [-0.1, -0.05) is 194 Å². The summed E-state index contributed by atoms with van der Waals surface area (Å²) in [6.07, 6.45) is 0. The Labute approximate surface area is 378 Å². The Morgan fingerprint density at radius 2 is 0.906 bits per heavy atom. The van der Waals surface area contributed by atoms with Gasteiger partial charge in [-0.25, -0.2) is 0 Å². The van der Waals surface area contributed by atoms with Crippen LogP contribution in [0.1, 0.15) is 0 Å². The van der Waals surface area contributed by atoms with Crippen molar-refractivity contribution >= 4 is 102 Å². The van der Waals surface area contributed by atoms with E-state index < -0.39 is 0 Å². The van der Waals surface area contributed by atoms with E-state index >= 15 is 0 Å². The Bertz CT molecular complexity index is 3890. The van der Waals surface area contributed by atoms with E-state index in [-0.39, 0.29) is 0 Å². The van der Waals surface area contributed by atoms with E-state index in [1.54, 1.807) is 0 Å². The van der Waals surface area contributed by atoms with Crippen LogP contribution >= 0.6 is 22.7 Å². The normalized spacial score (nSPS) is 11.8. The first kappa shape index (κ1) is 36.9. The summed E-state index contributed by atoms with van der Waals surface area (Å²) in [6.45, 7) is 0. The molecular formula is C60H37NOS2. The highest BCUT2D eigenvalue weighted by molar-refractivity contribution is 7.27. The number of nitrogens with zero attached hydrogens (tertiary/aromatic N) is 1. The Hall–Kier alpha value is -7.76. The van der Waals surface area contributed by atoms with Crippen LogP contribution < -0.4 is 4.90 Å². The van der Waals surface area contributed by atoms with E-state index in [1.807, 2.05) is 22.7 Å². The van der Waals surface area contributed by atoms with Gasteiger partial charge in [0.15, 0.2) is 5.58 Å². The molecule has 300 valence electrons. The maximum absolute atomic E-state index is 7.01. The van der Waals surface area contributed by atoms with Gasteiger partial charge in [0, 0.05) is 56.7 Å². The topological polar surface area (TPSA) is 16.4 Å². The van der Waals surface area contributed by atoms with Gasteiger partial charge in [-0.2, -0.15) is 0 Å². The van der Waals surface area contributed by atoms with Crippen molar-refractivity contribution in [3.63, 3.8) is 0 Å². The van der Waals surface area contributed by atoms with Crippen molar-refractivity contribution in [1.29, 1.82) is 0 Å². The molecule has 0 unspecified atom stereocenters. The number of hydrogen-bond donors (Lipinski definition) is 0. The van der Waals surface area contributed by atoms with Crippen molar-refractivity contribution < 1.29 is 4.42 Å². The maximum atomic E-state index is 7.01. The Balaban J connectivity index is 1.21. The van der Waals surface area contributed by atoms with Crippen molar-refractivity contribution in [1.82, 2.24) is 0 Å². The van der Waals surface area contributed by atoms with E-state index in [0.717, 1.165) is 50.1 Å². The lowest BCUT2D eigenvalue weighted by molar-refractivity contribution is 0.669. The number of anilines is 3. The van der Waals surface area contributed by atoms with Crippen LogP contribution in [0.3, 0.4) is 0 Å². The van der Waals surface area contributed by atoms with Gasteiger partial charge in [-0.05, 0) is 69.3 Å². The van der Waals surface area contributed by atoms with Crippen molar-refractivity contribution in [2.75, 3.05) is 4.90 Å². The maximum Gasteiger partial charge on any atom is 0.159 e. The van der Waals surface area contributed by atoms with E-state index in [0.29, 0.717) is 0 Å². The van der Waals surface area contributed by atoms with E-state index in [2.05, 4.69) is 229 Å². The van der Waals surface area contributed by atoms with Gasteiger partial charge in [0.05, 0.1) is 17.1 Å². The molecule has 0 fully saturated rings. The molecule has 13 aromatic rings. The Morgan fingerprint density at radius 1 is 0.328 bits per heavy atom. The zero-order valence-corrected chi connectivity index (χ0v) is 36.2. The molecule has 0 aliphatic rings. The Kier molecular flexibility index (Phi) is 8.61. The molecule has 0 aliphatic heterocycles. The smallest absolute Gasteiger partial charge is 0.159 e. The predicted octanol–water partition coefficient (Wildman–Crippen LogP) is 18.5. The minimum Gasteiger partial charge on any atom is -0.454 e. The summed E-state index contributed by atoms with van der Waals surface area (Å²) in [5.74, 6) is 0. The molecule has 0 spiro atoms. The van der Waals surface area contributed by atoms with Gasteiger partial charge in [-0.15, -0.1) is 22.7 Å². The largest absolute Gasteiger partial charge is 0.454 e. The second-order valence-electron chi connectivity index (χ2n) is 16.3. The zero-order valence-electron chi connectivity index (χ0n) is 34.5. The van der Waals surface area contributed by atoms with Crippen molar-refractivity contribution in [2.24, 2.45) is 0 Å². The first-order valence-electron chi connectivity index (χ1n) is 21.7. The fraction of sp³-hybridized carbons (Fsp3) is 0. The molecule has 0 aliphatic carbocycles. The third-order valence-corrected chi connectivity index (χ3v) is 15.1. The minimum atomic E-state index is 0.857. The zero-order chi connectivity index (χ0) is 42.1. The molecule has 10 aromatic carbocycles. The van der Waals surface area contributed by atoms with Crippen LogP contribution in [0.5, 0.6) is 0 Å². The molecule has 64 heavy (non-hydrogen) atoms. The molecule has 0 saturated carbocycles. The molecule has 4 heteroatoms. The molecule has 3 aromatic heterocycles. The highest BCUT2D eigenvalue weighted by atomic mass is 32.1. The average molecular weight is 852 g/mol. The van der Waals surface area contributed by atoms with Gasteiger partial charge in [0.2, 0.25) is 0 Å². The molecule has 0 amide bonds. The van der Waals surface area contributed by atoms with Gasteiger partial charge in [0.1, 0.15) is 5.58 Å². The molecule has 0 N–H and O–H groups in total. The van der Waals surface area contributed by atoms with Crippen LogP contribution in [0, 0.1) is 0 Å². The summed E-state index contributed by atoms with van der Waals surface area (Å²) < 4.78 is 12.0. The summed E-state index contributed by atoms with van der Waals surface area (Å²) in [6, 6.07) is 81.5. The second kappa shape index (κ2) is 15.0. The number of furan rings is 1. The van der Waals surface area contributed by atoms with Crippen molar-refractivity contribution in [3.8, 4) is 44.5 Å². The van der Waals surface area contributed by atoms with Gasteiger partial charge in [-0.3, -0.25) is 0 Å². The lowest BCUT2D eigenvalue weighted by atomic mass is 9.95. The van der Waals surface area contributed by atoms with E-state index in [1.165, 1.54) is 73.7 Å². The average Bonchev–Trinajstić information content (AvgIpc) is 4.07. The number of fused-ring (bicyclic) bond motifs is 9. The number of benzene rings is 10. The van der Waals surface area contributed by atoms with Crippen molar-refractivity contribution in [3.05, 3.63) is 224 Å². The SMILES string of the molecule is c1ccc(-c2ccc3c(c2)sc2c(-c4ccccc4)ccc(N(c4cccc5c4oc4ccccc45)c4c(-c5ccccc5)ccc5sc6c(-c7ccccc7)cccc6c45)c23)cc1. The molecule has 0 bridgehead atoms. The third kappa shape index (κ3) is 5.84. The lowest BCUT2D eigenvalue weighted by Gasteiger charge is -2.30. The highest BCUT2D eigenvalue weighted by Gasteiger charge is 2.29. The summed E-state index contributed by atoms with van der Waals surface area (Å²) in [5.41, 5.74) is 14.5. The standard InChI is InChI=1S/C60H37NOS2/c1-5-17-38(18-6-1)42-31-32-48-54(37-42)64-60-45(41-23-11-4-12-24-41)33-35-50(55(48)60)61(51-29-16-27-47-46-25-13-14-30-52(46)62-58(47)51)57-43(39-19-7-2-8-20-39)34-36-53-56(57)49-28-15-26-44(59(49)63-53)40-21-9-3-10-22-40/h1-37H. The molecule has 0 atom stereocenters. The fourth-order valence-electron chi connectivity index (χ4n) is 9.78. The molecule has 0 saturated heterocycles. The molecular weight excluding hydrogens is 815 g/mol. The van der Waals surface area contributed by atoms with Crippen LogP contribution in [0.25, 0.3) is 107 Å². The van der Waals surface area contributed by atoms with Gasteiger partial charge < -0.3 is 9.32 Å². The molecule has 2 nitrogen and oxygen atoms in total. The number of para-hydroxylation sites is 2. The lowest BCUT2D eigenvalue weighted by Crippen LogP contribution is -2.12. The highest BCUT2D eigenvalue weighted by Crippen LogP contribution is 2.56. The third-order valence-electron chi connectivity index (χ3n) is 12.7. The van der Waals surface area contributed by atoms with Crippen molar-refractivity contribution in [2.45, 2.75) is 0 Å². The minimum absolute atomic E-state index is 0.857. The quantitative estimate of drug-likeness (QED) is 0.159. The summed E-state index contributed by atoms with van der Waals surface area (Å²) >= 11 is 3.76. The molecule has 0 radical (unpaired) electrons. The molecule has 3 heterocycles. The van der Waals surface area contributed by atoms with Crippen LogP contribution in [0.4, 0.5) is 17.1 Å². The van der Waals surface area contributed by atoms with Crippen LogP contribution in [-0.2, 0) is 0 Å². The number of rotatable bonds is 7. The van der Waals surface area contributed by atoms with Crippen LogP contribution in [0.2, 0.25) is 0 Å².